The van der Waals surface area contributed by atoms with Crippen molar-refractivity contribution in [2.75, 3.05) is 23.3 Å². The van der Waals surface area contributed by atoms with E-state index in [0.717, 1.165) is 31.7 Å². The van der Waals surface area contributed by atoms with Crippen LogP contribution >= 0.6 is 0 Å². The number of hydrogen-bond donors (Lipinski definition) is 1. The van der Waals surface area contributed by atoms with Crippen molar-refractivity contribution in [2.24, 2.45) is 0 Å². The summed E-state index contributed by atoms with van der Waals surface area (Å²) in [7, 11) is 0. The maximum absolute atomic E-state index is 13.8. The minimum absolute atomic E-state index is 0.0562. The lowest BCUT2D eigenvalue weighted by atomic mass is 10.0. The van der Waals surface area contributed by atoms with Gasteiger partial charge in [0.2, 0.25) is 0 Å². The van der Waals surface area contributed by atoms with Gasteiger partial charge in [-0.3, -0.25) is 0 Å². The van der Waals surface area contributed by atoms with Gasteiger partial charge in [0.05, 0.1) is 11.8 Å². The maximum Gasteiger partial charge on any atom is 0.257 e. The Bertz CT molecular complexity index is 672. The maximum atomic E-state index is 13.8. The third-order valence-electron chi connectivity index (χ3n) is 4.02. The van der Waals surface area contributed by atoms with Crippen LogP contribution in [0.25, 0.3) is 0 Å². The molecule has 1 aliphatic rings. The van der Waals surface area contributed by atoms with Gasteiger partial charge in [0, 0.05) is 31.5 Å². The van der Waals surface area contributed by atoms with Crippen molar-refractivity contribution in [2.45, 2.75) is 38.8 Å². The van der Waals surface area contributed by atoms with Crippen LogP contribution in [-0.2, 0) is 0 Å². The van der Waals surface area contributed by atoms with Crippen molar-refractivity contribution in [3.05, 3.63) is 42.5 Å². The molecule has 0 unspecified atom stereocenters. The number of halogens is 1. The molecule has 5 nitrogen and oxygen atoms in total. The Morgan fingerprint density at radius 1 is 1.17 bits per heavy atom. The lowest BCUT2D eigenvalue weighted by Crippen LogP contribution is -2.40. The average Bonchev–Trinajstić information content (AvgIpc) is 2.58. The minimum Gasteiger partial charge on any atom is -0.472 e. The molecule has 1 N–H and O–H groups in total. The highest BCUT2D eigenvalue weighted by molar-refractivity contribution is 5.49. The van der Waals surface area contributed by atoms with E-state index in [9.17, 15) is 4.39 Å². The normalized spacial score (nSPS) is 15.6. The van der Waals surface area contributed by atoms with Crippen LogP contribution in [0, 0.1) is 5.82 Å². The number of ether oxygens (including phenoxy) is 1. The highest BCUT2D eigenvalue weighted by Crippen LogP contribution is 2.27. The molecule has 0 spiro atoms. The number of piperidine rings is 1. The third kappa shape index (κ3) is 3.93. The highest BCUT2D eigenvalue weighted by Gasteiger charge is 2.23. The Morgan fingerprint density at radius 3 is 2.58 bits per heavy atom. The first-order valence-corrected chi connectivity index (χ1v) is 8.37. The molecule has 0 bridgehead atoms. The largest absolute Gasteiger partial charge is 0.472 e. The van der Waals surface area contributed by atoms with Crippen LogP contribution in [-0.4, -0.2) is 35.2 Å². The molecule has 0 radical (unpaired) electrons. The summed E-state index contributed by atoms with van der Waals surface area (Å²) in [6.45, 7) is 5.62. The van der Waals surface area contributed by atoms with Crippen LogP contribution in [0.2, 0.25) is 0 Å². The van der Waals surface area contributed by atoms with Gasteiger partial charge in [0.25, 0.3) is 5.88 Å². The van der Waals surface area contributed by atoms with Crippen LogP contribution in [0.5, 0.6) is 5.88 Å². The first kappa shape index (κ1) is 16.5. The first-order valence-electron chi connectivity index (χ1n) is 8.37. The summed E-state index contributed by atoms with van der Waals surface area (Å²) in [5, 5.41) is 3.30. The summed E-state index contributed by atoms with van der Waals surface area (Å²) >= 11 is 0. The van der Waals surface area contributed by atoms with E-state index in [1.54, 1.807) is 24.5 Å². The van der Waals surface area contributed by atoms with Gasteiger partial charge in [-0.25, -0.2) is 14.4 Å². The number of nitrogens with one attached hydrogen (secondary N) is 1. The predicted octanol–water partition coefficient (Wildman–Crippen LogP) is 3.48. The molecule has 2 aromatic rings. The van der Waals surface area contributed by atoms with E-state index in [-0.39, 0.29) is 18.0 Å². The highest BCUT2D eigenvalue weighted by atomic mass is 19.1. The van der Waals surface area contributed by atoms with Crippen molar-refractivity contribution in [1.82, 2.24) is 9.97 Å². The van der Waals surface area contributed by atoms with Gasteiger partial charge in [-0.05, 0) is 38.8 Å². The molecular formula is C18H23FN4O. The zero-order chi connectivity index (χ0) is 16.9. The molecule has 1 aliphatic heterocycles. The van der Waals surface area contributed by atoms with E-state index in [2.05, 4.69) is 20.2 Å². The van der Waals surface area contributed by atoms with Gasteiger partial charge in [-0.15, -0.1) is 0 Å². The Morgan fingerprint density at radius 2 is 1.88 bits per heavy atom. The van der Waals surface area contributed by atoms with Gasteiger partial charge < -0.3 is 15.0 Å². The fraction of sp³-hybridized carbons (Fsp3) is 0.444. The van der Waals surface area contributed by atoms with Gasteiger partial charge in [0.15, 0.2) is 5.82 Å². The Kier molecular flexibility index (Phi) is 5.13. The standard InChI is InChI=1S/C18H23FN4O/c1-13(2)24-18-17(20-9-10-21-18)23-11-7-14(8-12-23)22-16-6-4-3-5-15(16)19/h3-6,9-10,13-14,22H,7-8,11-12H2,1-2H3. The van der Waals surface area contributed by atoms with E-state index < -0.39 is 0 Å². The van der Waals surface area contributed by atoms with E-state index in [1.807, 2.05) is 19.9 Å². The summed E-state index contributed by atoms with van der Waals surface area (Å²) in [5.41, 5.74) is 0.569. The van der Waals surface area contributed by atoms with Crippen molar-refractivity contribution >= 4 is 11.5 Å². The fourth-order valence-corrected chi connectivity index (χ4v) is 2.88. The van der Waals surface area contributed by atoms with Crippen LogP contribution in [0.3, 0.4) is 0 Å². The smallest absolute Gasteiger partial charge is 0.257 e. The summed E-state index contributed by atoms with van der Waals surface area (Å²) in [6.07, 6.45) is 5.21. The SMILES string of the molecule is CC(C)Oc1nccnc1N1CCC(Nc2ccccc2F)CC1. The third-order valence-corrected chi connectivity index (χ3v) is 4.02. The lowest BCUT2D eigenvalue weighted by molar-refractivity contribution is 0.231. The monoisotopic (exact) mass is 330 g/mol. The Labute approximate surface area is 141 Å². The zero-order valence-corrected chi connectivity index (χ0v) is 14.1. The molecule has 6 heteroatoms. The Balaban J connectivity index is 1.62. The number of para-hydroxylation sites is 1. The van der Waals surface area contributed by atoms with Gasteiger partial charge in [0.1, 0.15) is 5.82 Å². The van der Waals surface area contributed by atoms with Crippen molar-refractivity contribution in [1.29, 1.82) is 0 Å². The van der Waals surface area contributed by atoms with Gasteiger partial charge in [-0.2, -0.15) is 0 Å². The van der Waals surface area contributed by atoms with Crippen LogP contribution < -0.4 is 15.0 Å². The number of hydrogen-bond acceptors (Lipinski definition) is 5. The van der Waals surface area contributed by atoms with Crippen molar-refractivity contribution in [3.63, 3.8) is 0 Å². The first-order chi connectivity index (χ1) is 11.6. The molecule has 0 saturated carbocycles. The van der Waals surface area contributed by atoms with Crippen molar-refractivity contribution in [3.8, 4) is 5.88 Å². The zero-order valence-electron chi connectivity index (χ0n) is 14.1. The second kappa shape index (κ2) is 7.47. The number of anilines is 2. The number of nitrogens with zero attached hydrogens (tertiary/aromatic N) is 3. The van der Waals surface area contributed by atoms with Crippen LogP contribution in [0.4, 0.5) is 15.9 Å². The molecule has 1 aromatic carbocycles. The van der Waals surface area contributed by atoms with E-state index >= 15 is 0 Å². The summed E-state index contributed by atoms with van der Waals surface area (Å²) < 4.78 is 19.5. The summed E-state index contributed by atoms with van der Waals surface area (Å²) in [5.74, 6) is 1.16. The quantitative estimate of drug-likeness (QED) is 0.909. The molecule has 1 aromatic heterocycles. The molecule has 1 fully saturated rings. The van der Waals surface area contributed by atoms with E-state index in [0.29, 0.717) is 11.6 Å². The van der Waals surface area contributed by atoms with Gasteiger partial charge in [-0.1, -0.05) is 12.1 Å². The van der Waals surface area contributed by atoms with Crippen LogP contribution in [0.15, 0.2) is 36.7 Å². The van der Waals surface area contributed by atoms with E-state index in [1.165, 1.54) is 6.07 Å². The number of rotatable bonds is 5. The molecule has 0 amide bonds. The van der Waals surface area contributed by atoms with Crippen molar-refractivity contribution < 1.29 is 9.13 Å². The van der Waals surface area contributed by atoms with Crippen LogP contribution in [0.1, 0.15) is 26.7 Å². The summed E-state index contributed by atoms with van der Waals surface area (Å²) in [6, 6.07) is 7.05. The molecule has 2 heterocycles. The number of aromatic nitrogens is 2. The minimum atomic E-state index is -0.207. The topological polar surface area (TPSA) is 50.3 Å². The fourth-order valence-electron chi connectivity index (χ4n) is 2.88. The predicted molar refractivity (Wildman–Crippen MR) is 93.1 cm³/mol. The second-order valence-electron chi connectivity index (χ2n) is 6.24. The molecule has 0 atom stereocenters. The molecular weight excluding hydrogens is 307 g/mol. The Hall–Kier alpha value is -2.37. The second-order valence-corrected chi connectivity index (χ2v) is 6.24. The average molecular weight is 330 g/mol. The molecule has 0 aliphatic carbocycles. The molecule has 3 rings (SSSR count). The molecule has 24 heavy (non-hydrogen) atoms. The molecule has 1 saturated heterocycles. The summed E-state index contributed by atoms with van der Waals surface area (Å²) in [4.78, 5) is 10.9. The lowest BCUT2D eigenvalue weighted by Gasteiger charge is -2.34. The van der Waals surface area contributed by atoms with E-state index in [4.69, 9.17) is 4.74 Å². The van der Waals surface area contributed by atoms with Gasteiger partial charge >= 0.3 is 0 Å². The molecule has 128 valence electrons. The number of benzene rings is 1.